The van der Waals surface area contributed by atoms with Crippen molar-refractivity contribution in [2.75, 3.05) is 0 Å². The molecule has 1 aliphatic rings. The second kappa shape index (κ2) is 5.25. The summed E-state index contributed by atoms with van der Waals surface area (Å²) in [6.07, 6.45) is 3.31. The predicted molar refractivity (Wildman–Crippen MR) is 77.6 cm³/mol. The van der Waals surface area contributed by atoms with E-state index in [9.17, 15) is 9.00 Å². The van der Waals surface area contributed by atoms with Gasteiger partial charge in [0.15, 0.2) is 0 Å². The van der Waals surface area contributed by atoms with Crippen molar-refractivity contribution in [3.8, 4) is 0 Å². The van der Waals surface area contributed by atoms with Crippen molar-refractivity contribution in [1.82, 2.24) is 0 Å². The molecule has 0 radical (unpaired) electrons. The molecule has 0 bridgehead atoms. The van der Waals surface area contributed by atoms with Crippen LogP contribution in [0, 0.1) is 0 Å². The van der Waals surface area contributed by atoms with E-state index in [1.807, 2.05) is 42.5 Å². The van der Waals surface area contributed by atoms with Crippen LogP contribution in [-0.4, -0.2) is 15.2 Å². The van der Waals surface area contributed by atoms with Crippen LogP contribution in [0.5, 0.6) is 0 Å². The van der Waals surface area contributed by atoms with Gasteiger partial charge in [0, 0.05) is 11.3 Å². The van der Waals surface area contributed by atoms with Crippen molar-refractivity contribution >= 4 is 27.4 Å². The summed E-state index contributed by atoms with van der Waals surface area (Å²) in [4.78, 5) is 12.7. The SMILES string of the molecule is O=C1CCCCC1S(=O)c1ccc2ccccc2c1. The van der Waals surface area contributed by atoms with Gasteiger partial charge < -0.3 is 0 Å². The maximum Gasteiger partial charge on any atom is 0.148 e. The van der Waals surface area contributed by atoms with Crippen LogP contribution in [0.15, 0.2) is 47.4 Å². The molecule has 2 nitrogen and oxygen atoms in total. The van der Waals surface area contributed by atoms with Gasteiger partial charge in [-0.1, -0.05) is 36.8 Å². The average molecular weight is 272 g/mol. The molecule has 1 fully saturated rings. The van der Waals surface area contributed by atoms with E-state index < -0.39 is 10.8 Å². The van der Waals surface area contributed by atoms with Crippen molar-refractivity contribution in [3.63, 3.8) is 0 Å². The molecule has 3 heteroatoms. The number of hydrogen-bond donors (Lipinski definition) is 0. The fourth-order valence-electron chi connectivity index (χ4n) is 2.63. The zero-order valence-corrected chi connectivity index (χ0v) is 11.5. The largest absolute Gasteiger partial charge is 0.298 e. The molecule has 2 aromatic carbocycles. The van der Waals surface area contributed by atoms with E-state index in [0.29, 0.717) is 6.42 Å². The first-order chi connectivity index (χ1) is 9.25. The van der Waals surface area contributed by atoms with Gasteiger partial charge in [0.1, 0.15) is 5.78 Å². The molecule has 2 unspecified atom stereocenters. The molecule has 0 spiro atoms. The minimum atomic E-state index is -1.21. The van der Waals surface area contributed by atoms with Crippen LogP contribution in [0.2, 0.25) is 0 Å². The molecule has 1 aliphatic carbocycles. The standard InChI is InChI=1S/C16H16O2S/c17-15-7-3-4-8-16(15)19(18)14-10-9-12-5-1-2-6-13(12)11-14/h1-2,5-6,9-11,16H,3-4,7-8H2. The summed E-state index contributed by atoms with van der Waals surface area (Å²) in [6, 6.07) is 13.8. The number of hydrogen-bond acceptors (Lipinski definition) is 2. The van der Waals surface area contributed by atoms with Gasteiger partial charge in [-0.25, -0.2) is 0 Å². The first kappa shape index (κ1) is 12.5. The minimum Gasteiger partial charge on any atom is -0.298 e. The third kappa shape index (κ3) is 2.47. The Bertz CT molecular complexity index is 648. The molecule has 0 saturated heterocycles. The van der Waals surface area contributed by atoms with Gasteiger partial charge >= 0.3 is 0 Å². The lowest BCUT2D eigenvalue weighted by Crippen LogP contribution is -2.29. The number of ketones is 1. The average Bonchev–Trinajstić information content (AvgIpc) is 2.46. The van der Waals surface area contributed by atoms with Gasteiger partial charge in [-0.2, -0.15) is 0 Å². The molecule has 98 valence electrons. The van der Waals surface area contributed by atoms with E-state index in [1.165, 1.54) is 0 Å². The normalized spacial score (nSPS) is 21.5. The summed E-state index contributed by atoms with van der Waals surface area (Å²) < 4.78 is 12.5. The van der Waals surface area contributed by atoms with Gasteiger partial charge in [0.2, 0.25) is 0 Å². The Morgan fingerprint density at radius 3 is 2.58 bits per heavy atom. The number of carbonyl (C=O) groups is 1. The quantitative estimate of drug-likeness (QED) is 0.839. The maximum absolute atomic E-state index is 12.5. The van der Waals surface area contributed by atoms with Crippen LogP contribution in [0.4, 0.5) is 0 Å². The molecular weight excluding hydrogens is 256 g/mol. The van der Waals surface area contributed by atoms with Crippen molar-refractivity contribution < 1.29 is 9.00 Å². The first-order valence-electron chi connectivity index (χ1n) is 6.68. The molecule has 2 atom stereocenters. The second-order valence-corrected chi connectivity index (χ2v) is 6.64. The lowest BCUT2D eigenvalue weighted by Gasteiger charge is -2.19. The summed E-state index contributed by atoms with van der Waals surface area (Å²) in [5.41, 5.74) is 0. The highest BCUT2D eigenvalue weighted by atomic mass is 32.2. The Morgan fingerprint density at radius 1 is 1.00 bits per heavy atom. The molecule has 19 heavy (non-hydrogen) atoms. The van der Waals surface area contributed by atoms with E-state index in [-0.39, 0.29) is 11.0 Å². The van der Waals surface area contributed by atoms with Crippen LogP contribution >= 0.6 is 0 Å². The van der Waals surface area contributed by atoms with Crippen LogP contribution < -0.4 is 0 Å². The van der Waals surface area contributed by atoms with Crippen LogP contribution in [0.1, 0.15) is 25.7 Å². The predicted octanol–water partition coefficient (Wildman–Crippen LogP) is 3.46. The topological polar surface area (TPSA) is 34.1 Å². The van der Waals surface area contributed by atoms with Crippen molar-refractivity contribution in [2.24, 2.45) is 0 Å². The highest BCUT2D eigenvalue weighted by Crippen LogP contribution is 2.25. The summed E-state index contributed by atoms with van der Waals surface area (Å²) in [6.45, 7) is 0. The van der Waals surface area contributed by atoms with Crippen LogP contribution in [0.3, 0.4) is 0 Å². The van der Waals surface area contributed by atoms with Gasteiger partial charge in [0.25, 0.3) is 0 Å². The fraction of sp³-hybridized carbons (Fsp3) is 0.312. The lowest BCUT2D eigenvalue weighted by atomic mass is 9.99. The Hall–Kier alpha value is -1.48. The number of Topliss-reactive ketones (excluding diaryl/α,β-unsaturated/α-hetero) is 1. The third-order valence-electron chi connectivity index (χ3n) is 3.71. The van der Waals surface area contributed by atoms with E-state index in [2.05, 4.69) is 0 Å². The Morgan fingerprint density at radius 2 is 1.79 bits per heavy atom. The van der Waals surface area contributed by atoms with Crippen molar-refractivity contribution in [3.05, 3.63) is 42.5 Å². The van der Waals surface area contributed by atoms with Gasteiger partial charge in [-0.15, -0.1) is 0 Å². The number of carbonyl (C=O) groups excluding carboxylic acids is 1. The Kier molecular flexibility index (Phi) is 3.47. The summed E-state index contributed by atoms with van der Waals surface area (Å²) >= 11 is 0. The van der Waals surface area contributed by atoms with Crippen molar-refractivity contribution in [1.29, 1.82) is 0 Å². The molecule has 1 saturated carbocycles. The number of fused-ring (bicyclic) bond motifs is 1. The van der Waals surface area contributed by atoms with Crippen LogP contribution in [-0.2, 0) is 15.6 Å². The number of benzene rings is 2. The van der Waals surface area contributed by atoms with Gasteiger partial charge in [-0.3, -0.25) is 9.00 Å². The molecule has 2 aromatic rings. The zero-order chi connectivity index (χ0) is 13.2. The molecule has 0 aliphatic heterocycles. The van der Waals surface area contributed by atoms with E-state index in [1.54, 1.807) is 0 Å². The van der Waals surface area contributed by atoms with E-state index in [0.717, 1.165) is 34.9 Å². The van der Waals surface area contributed by atoms with E-state index >= 15 is 0 Å². The lowest BCUT2D eigenvalue weighted by molar-refractivity contribution is -0.119. The minimum absolute atomic E-state index is 0.165. The summed E-state index contributed by atoms with van der Waals surface area (Å²) in [5, 5.41) is 1.92. The smallest absolute Gasteiger partial charge is 0.148 e. The molecular formula is C16H16O2S. The molecule has 0 heterocycles. The zero-order valence-electron chi connectivity index (χ0n) is 10.7. The number of rotatable bonds is 2. The third-order valence-corrected chi connectivity index (χ3v) is 5.44. The van der Waals surface area contributed by atoms with E-state index in [4.69, 9.17) is 0 Å². The Balaban J connectivity index is 1.94. The molecule has 0 N–H and O–H groups in total. The second-order valence-electron chi connectivity index (χ2n) is 5.01. The summed E-state index contributed by atoms with van der Waals surface area (Å²) in [5.74, 6) is 0.165. The molecule has 0 amide bonds. The highest BCUT2D eigenvalue weighted by Gasteiger charge is 2.28. The maximum atomic E-state index is 12.5. The first-order valence-corrected chi connectivity index (χ1v) is 7.89. The van der Waals surface area contributed by atoms with Gasteiger partial charge in [0.05, 0.1) is 16.0 Å². The Labute approximate surface area is 115 Å². The van der Waals surface area contributed by atoms with Crippen LogP contribution in [0.25, 0.3) is 10.8 Å². The van der Waals surface area contributed by atoms with Crippen molar-refractivity contribution in [2.45, 2.75) is 35.8 Å². The highest BCUT2D eigenvalue weighted by molar-refractivity contribution is 7.86. The molecule has 3 rings (SSSR count). The monoisotopic (exact) mass is 272 g/mol. The molecule has 0 aromatic heterocycles. The fourth-order valence-corrected chi connectivity index (χ4v) is 4.15. The summed E-state index contributed by atoms with van der Waals surface area (Å²) in [7, 11) is -1.21. The van der Waals surface area contributed by atoms with Gasteiger partial charge in [-0.05, 0) is 35.7 Å².